The lowest BCUT2D eigenvalue weighted by molar-refractivity contribution is 0.343. The average Bonchev–Trinajstić information content (AvgIpc) is 3.65. The van der Waals surface area contributed by atoms with Gasteiger partial charge in [-0.1, -0.05) is 97.1 Å². The summed E-state index contributed by atoms with van der Waals surface area (Å²) in [5, 5.41) is 49.5. The molecule has 0 radical (unpaired) electrons. The summed E-state index contributed by atoms with van der Waals surface area (Å²) < 4.78 is 2.36. The first-order chi connectivity index (χ1) is 24.0. The minimum Gasteiger partial charge on any atom is -0.504 e. The second-order valence-corrected chi connectivity index (χ2v) is 12.7. The highest BCUT2D eigenvalue weighted by molar-refractivity contribution is 5.98. The fourth-order valence-electron chi connectivity index (χ4n) is 8.10. The maximum atomic E-state index is 11.6. The number of nitrogens with zero attached hydrogens (tertiary/aromatic N) is 1. The van der Waals surface area contributed by atoms with Gasteiger partial charge in [-0.25, -0.2) is 0 Å². The van der Waals surface area contributed by atoms with Crippen LogP contribution in [0.4, 0.5) is 11.4 Å². The van der Waals surface area contributed by atoms with Gasteiger partial charge in [-0.2, -0.15) is 0 Å². The van der Waals surface area contributed by atoms with Crippen molar-refractivity contribution in [1.29, 1.82) is 0 Å². The second kappa shape index (κ2) is 10.8. The Morgan fingerprint density at radius 1 is 0.612 bits per heavy atom. The van der Waals surface area contributed by atoms with E-state index in [1.807, 2.05) is 84.9 Å². The summed E-state index contributed by atoms with van der Waals surface area (Å²) >= 11 is 0. The molecule has 0 saturated heterocycles. The Labute approximate surface area is 283 Å². The van der Waals surface area contributed by atoms with Crippen LogP contribution in [-0.2, 0) is 11.8 Å². The van der Waals surface area contributed by atoms with Crippen molar-refractivity contribution in [3.8, 4) is 39.8 Å². The third-order valence-electron chi connectivity index (χ3n) is 10.1. The molecule has 49 heavy (non-hydrogen) atoms. The number of hydrogen-bond donors (Lipinski definition) is 5. The molecule has 6 nitrogen and oxygen atoms in total. The molecule has 238 valence electrons. The number of para-hydroxylation sites is 1. The van der Waals surface area contributed by atoms with E-state index in [1.54, 1.807) is 0 Å². The van der Waals surface area contributed by atoms with Crippen LogP contribution in [0.5, 0.6) is 23.0 Å². The molecule has 0 bridgehead atoms. The third-order valence-corrected chi connectivity index (χ3v) is 10.1. The van der Waals surface area contributed by atoms with E-state index in [0.29, 0.717) is 11.1 Å². The first kappa shape index (κ1) is 28.8. The van der Waals surface area contributed by atoms with Gasteiger partial charge in [0.05, 0.1) is 10.9 Å². The number of hydrogen-bond acceptors (Lipinski definition) is 5. The zero-order chi connectivity index (χ0) is 33.3. The van der Waals surface area contributed by atoms with Crippen molar-refractivity contribution in [2.75, 3.05) is 5.32 Å². The van der Waals surface area contributed by atoms with Gasteiger partial charge in [-0.3, -0.25) is 0 Å². The molecular weight excluding hydrogens is 608 g/mol. The van der Waals surface area contributed by atoms with E-state index in [2.05, 4.69) is 64.5 Å². The normalized spacial score (nSPS) is 14.0. The summed E-state index contributed by atoms with van der Waals surface area (Å²) in [5.74, 6) is -2.48. The van der Waals surface area contributed by atoms with Crippen LogP contribution in [0.15, 0.2) is 133 Å². The zero-order valence-electron chi connectivity index (χ0n) is 26.4. The summed E-state index contributed by atoms with van der Waals surface area (Å²) in [6, 6.07) is 42.3. The second-order valence-electron chi connectivity index (χ2n) is 12.7. The number of nitrogens with one attached hydrogen (secondary N) is 1. The van der Waals surface area contributed by atoms with Gasteiger partial charge in [0, 0.05) is 44.8 Å². The molecule has 6 aromatic carbocycles. The van der Waals surface area contributed by atoms with Gasteiger partial charge in [0.2, 0.25) is 11.5 Å². The molecule has 1 aromatic heterocycles. The average molecular weight is 641 g/mol. The fraction of sp³-hybridized carbons (Fsp3) is 0.0698. The zero-order valence-corrected chi connectivity index (χ0v) is 26.4. The Morgan fingerprint density at radius 2 is 1.22 bits per heavy atom. The number of phenols is 4. The van der Waals surface area contributed by atoms with Crippen LogP contribution in [0.25, 0.3) is 33.8 Å². The van der Waals surface area contributed by atoms with E-state index in [1.165, 1.54) is 11.3 Å². The Morgan fingerprint density at radius 3 is 1.92 bits per heavy atom. The van der Waals surface area contributed by atoms with Crippen LogP contribution >= 0.6 is 0 Å². The molecule has 0 unspecified atom stereocenters. The van der Waals surface area contributed by atoms with Crippen LogP contribution in [0, 0.1) is 0 Å². The monoisotopic (exact) mass is 640 g/mol. The molecule has 0 spiro atoms. The van der Waals surface area contributed by atoms with Gasteiger partial charge in [0.1, 0.15) is 0 Å². The van der Waals surface area contributed by atoms with Crippen molar-refractivity contribution < 1.29 is 20.4 Å². The van der Waals surface area contributed by atoms with Crippen LogP contribution in [0.2, 0.25) is 0 Å². The van der Waals surface area contributed by atoms with Crippen LogP contribution < -0.4 is 5.32 Å². The van der Waals surface area contributed by atoms with Gasteiger partial charge < -0.3 is 30.3 Å². The fourth-order valence-corrected chi connectivity index (χ4v) is 8.10. The molecule has 9 rings (SSSR count). The third kappa shape index (κ3) is 4.07. The van der Waals surface area contributed by atoms with Gasteiger partial charge in [-0.15, -0.1) is 0 Å². The molecule has 2 aliphatic carbocycles. The van der Waals surface area contributed by atoms with Gasteiger partial charge in [-0.05, 0) is 77.6 Å². The lowest BCUT2D eigenvalue weighted by atomic mass is 9.67. The predicted octanol–water partition coefficient (Wildman–Crippen LogP) is 9.52. The summed E-state index contributed by atoms with van der Waals surface area (Å²) in [5.41, 5.74) is 9.07. The number of fused-ring (bicyclic) bond motifs is 6. The Balaban J connectivity index is 1.24. The first-order valence-corrected chi connectivity index (χ1v) is 16.4. The minimum absolute atomic E-state index is 0.272. The van der Waals surface area contributed by atoms with Crippen molar-refractivity contribution >= 4 is 28.4 Å². The summed E-state index contributed by atoms with van der Waals surface area (Å²) in [6.45, 7) is 0. The SMILES string of the molecule is Oc1c(O)c(O)c2c(c1O)-c1cc(Nc3ccc4c(c3)c3c(n4-c4ccccc4)CCC=C3)ccc1C2(c1ccccc1)c1ccccc1. The van der Waals surface area contributed by atoms with Gasteiger partial charge >= 0.3 is 0 Å². The molecule has 7 aromatic rings. The summed E-state index contributed by atoms with van der Waals surface area (Å²) in [7, 11) is 0. The largest absolute Gasteiger partial charge is 0.504 e. The van der Waals surface area contributed by atoms with Crippen LogP contribution in [0.1, 0.15) is 39.9 Å². The van der Waals surface area contributed by atoms with Crippen molar-refractivity contribution in [3.05, 3.63) is 167 Å². The molecule has 1 heterocycles. The maximum absolute atomic E-state index is 11.6. The number of anilines is 2. The number of aromatic nitrogens is 1. The summed E-state index contributed by atoms with van der Waals surface area (Å²) in [6.07, 6.45) is 6.42. The first-order valence-electron chi connectivity index (χ1n) is 16.4. The summed E-state index contributed by atoms with van der Waals surface area (Å²) in [4.78, 5) is 0. The van der Waals surface area contributed by atoms with E-state index in [-0.39, 0.29) is 5.56 Å². The van der Waals surface area contributed by atoms with Crippen LogP contribution in [0.3, 0.4) is 0 Å². The highest BCUT2D eigenvalue weighted by Crippen LogP contribution is 2.65. The minimum atomic E-state index is -1.09. The lowest BCUT2D eigenvalue weighted by Crippen LogP contribution is -2.28. The maximum Gasteiger partial charge on any atom is 0.204 e. The van der Waals surface area contributed by atoms with E-state index in [4.69, 9.17) is 0 Å². The molecule has 0 saturated carbocycles. The van der Waals surface area contributed by atoms with E-state index < -0.39 is 28.4 Å². The van der Waals surface area contributed by atoms with Crippen LogP contribution in [-0.4, -0.2) is 25.0 Å². The van der Waals surface area contributed by atoms with E-state index in [0.717, 1.165) is 57.5 Å². The number of benzene rings is 6. The highest BCUT2D eigenvalue weighted by atomic mass is 16.3. The molecule has 0 amide bonds. The Bertz CT molecular complexity index is 2410. The topological polar surface area (TPSA) is 97.9 Å². The molecule has 6 heteroatoms. The molecule has 5 N–H and O–H groups in total. The lowest BCUT2D eigenvalue weighted by Gasteiger charge is -2.34. The van der Waals surface area contributed by atoms with E-state index in [9.17, 15) is 20.4 Å². The molecule has 0 atom stereocenters. The number of allylic oxidation sites excluding steroid dienone is 1. The Hall–Kier alpha value is -6.40. The van der Waals surface area contributed by atoms with Crippen molar-refractivity contribution in [2.24, 2.45) is 0 Å². The number of phenolic OH excluding ortho intramolecular Hbond substituents is 4. The number of aromatic hydroxyl groups is 4. The standard InChI is InChI=1S/C43H32N2O4/c46-39-37-33-25-28(44-29-21-23-36-32(24-29)31-18-10-11-19-35(31)45(36)30-16-8-3-9-17-30)20-22-34(33)43(26-12-4-1-5-13-26,27-14-6-2-7-15-27)38(37)40(47)42(49)41(39)48/h1-10,12-18,20-25,44,46-49H,11,19H2. The Kier molecular flexibility index (Phi) is 6.36. The highest BCUT2D eigenvalue weighted by Gasteiger charge is 2.50. The quantitative estimate of drug-likeness (QED) is 0.0954. The number of rotatable bonds is 5. The molecular formula is C43H32N2O4. The molecule has 0 fully saturated rings. The van der Waals surface area contributed by atoms with E-state index >= 15 is 0 Å². The molecule has 2 aliphatic rings. The van der Waals surface area contributed by atoms with Crippen molar-refractivity contribution in [3.63, 3.8) is 0 Å². The molecule has 0 aliphatic heterocycles. The van der Waals surface area contributed by atoms with Crippen molar-refractivity contribution in [2.45, 2.75) is 18.3 Å². The van der Waals surface area contributed by atoms with Crippen molar-refractivity contribution in [1.82, 2.24) is 4.57 Å². The predicted molar refractivity (Wildman–Crippen MR) is 194 cm³/mol. The van der Waals surface area contributed by atoms with Gasteiger partial charge in [0.15, 0.2) is 11.5 Å². The smallest absolute Gasteiger partial charge is 0.204 e. The van der Waals surface area contributed by atoms with Gasteiger partial charge in [0.25, 0.3) is 0 Å².